The summed E-state index contributed by atoms with van der Waals surface area (Å²) in [6.45, 7) is 8.16. The van der Waals surface area contributed by atoms with E-state index in [2.05, 4.69) is 39.9 Å². The maximum absolute atomic E-state index is 9.86. The highest BCUT2D eigenvalue weighted by molar-refractivity contribution is 9.10. The third-order valence-electron chi connectivity index (χ3n) is 2.68. The molecule has 0 amide bonds. The van der Waals surface area contributed by atoms with Gasteiger partial charge in [0.1, 0.15) is 5.75 Å². The van der Waals surface area contributed by atoms with Crippen LogP contribution in [0.3, 0.4) is 0 Å². The van der Waals surface area contributed by atoms with Gasteiger partial charge in [0.2, 0.25) is 0 Å². The van der Waals surface area contributed by atoms with E-state index in [1.807, 2.05) is 19.9 Å². The summed E-state index contributed by atoms with van der Waals surface area (Å²) < 4.78 is 6.17. The van der Waals surface area contributed by atoms with Gasteiger partial charge < -0.3 is 9.84 Å². The molecule has 0 aromatic heterocycles. The predicted octanol–water partition coefficient (Wildman–Crippen LogP) is 3.05. The zero-order chi connectivity index (χ0) is 13.8. The normalized spacial score (nSPS) is 11.9. The van der Waals surface area contributed by atoms with Gasteiger partial charge in [0.05, 0.1) is 17.2 Å². The van der Waals surface area contributed by atoms with Gasteiger partial charge in [-0.15, -0.1) is 0 Å². The lowest BCUT2D eigenvalue weighted by Crippen LogP contribution is -2.38. The van der Waals surface area contributed by atoms with E-state index in [0.29, 0.717) is 6.54 Å². The van der Waals surface area contributed by atoms with Crippen molar-refractivity contribution in [2.45, 2.75) is 32.9 Å². The van der Waals surface area contributed by atoms with E-state index in [1.165, 1.54) is 5.56 Å². The maximum atomic E-state index is 9.86. The molecule has 0 saturated heterocycles. The first kappa shape index (κ1) is 15.5. The number of hydrogen-bond acceptors (Lipinski definition) is 3. The minimum absolute atomic E-state index is 0.660. The monoisotopic (exact) mass is 315 g/mol. The standard InChI is InChI=1S/C14H22BrNO2/c1-5-16(10-14(2,3)17)9-11-6-7-13(18-4)12(15)8-11/h6-8,17H,5,9-10H2,1-4H3. The average Bonchev–Trinajstić information content (AvgIpc) is 2.26. The summed E-state index contributed by atoms with van der Waals surface area (Å²) in [6, 6.07) is 6.07. The molecule has 1 aromatic carbocycles. The van der Waals surface area contributed by atoms with Gasteiger partial charge in [0.15, 0.2) is 0 Å². The minimum atomic E-state index is -0.667. The zero-order valence-corrected chi connectivity index (χ0v) is 13.1. The molecule has 0 radical (unpaired) electrons. The SMILES string of the molecule is CCN(Cc1ccc(OC)c(Br)c1)CC(C)(C)O. The largest absolute Gasteiger partial charge is 0.496 e. The Morgan fingerprint density at radius 1 is 1.39 bits per heavy atom. The fraction of sp³-hybridized carbons (Fsp3) is 0.571. The van der Waals surface area contributed by atoms with E-state index in [9.17, 15) is 5.11 Å². The van der Waals surface area contributed by atoms with Crippen molar-refractivity contribution in [1.82, 2.24) is 4.90 Å². The minimum Gasteiger partial charge on any atom is -0.496 e. The number of methoxy groups -OCH3 is 1. The fourth-order valence-corrected chi connectivity index (χ4v) is 2.48. The Bertz CT molecular complexity index is 388. The number of halogens is 1. The first-order chi connectivity index (χ1) is 8.35. The Labute approximate surface area is 118 Å². The van der Waals surface area contributed by atoms with Gasteiger partial charge in [0, 0.05) is 13.1 Å². The highest BCUT2D eigenvalue weighted by Crippen LogP contribution is 2.26. The maximum Gasteiger partial charge on any atom is 0.133 e. The lowest BCUT2D eigenvalue weighted by atomic mass is 10.1. The van der Waals surface area contributed by atoms with Crippen LogP contribution < -0.4 is 4.74 Å². The van der Waals surface area contributed by atoms with E-state index >= 15 is 0 Å². The third kappa shape index (κ3) is 4.96. The van der Waals surface area contributed by atoms with Crippen molar-refractivity contribution in [1.29, 1.82) is 0 Å². The van der Waals surface area contributed by atoms with Crippen LogP contribution in [0.15, 0.2) is 22.7 Å². The number of ether oxygens (including phenoxy) is 1. The molecule has 0 spiro atoms. The Kier molecular flexibility index (Phi) is 5.63. The average molecular weight is 316 g/mol. The Balaban J connectivity index is 2.73. The van der Waals surface area contributed by atoms with Gasteiger partial charge in [-0.05, 0) is 54.0 Å². The zero-order valence-electron chi connectivity index (χ0n) is 11.5. The van der Waals surface area contributed by atoms with Crippen LogP contribution in [0.1, 0.15) is 26.3 Å². The van der Waals surface area contributed by atoms with Crippen LogP contribution in [0, 0.1) is 0 Å². The van der Waals surface area contributed by atoms with Gasteiger partial charge in [-0.25, -0.2) is 0 Å². The first-order valence-corrected chi connectivity index (χ1v) is 6.92. The van der Waals surface area contributed by atoms with Gasteiger partial charge >= 0.3 is 0 Å². The molecule has 0 saturated carbocycles. The lowest BCUT2D eigenvalue weighted by molar-refractivity contribution is 0.0353. The molecule has 0 fully saturated rings. The van der Waals surface area contributed by atoms with Crippen LogP contribution in [0.2, 0.25) is 0 Å². The highest BCUT2D eigenvalue weighted by atomic mass is 79.9. The number of likely N-dealkylation sites (N-methyl/N-ethyl adjacent to an activating group) is 1. The molecule has 102 valence electrons. The van der Waals surface area contributed by atoms with Gasteiger partial charge in [-0.1, -0.05) is 13.0 Å². The summed E-state index contributed by atoms with van der Waals surface area (Å²) in [6.07, 6.45) is 0. The molecule has 1 aromatic rings. The summed E-state index contributed by atoms with van der Waals surface area (Å²) in [5.41, 5.74) is 0.536. The Morgan fingerprint density at radius 2 is 2.06 bits per heavy atom. The first-order valence-electron chi connectivity index (χ1n) is 6.13. The van der Waals surface area contributed by atoms with Crippen molar-refractivity contribution in [2.75, 3.05) is 20.2 Å². The summed E-state index contributed by atoms with van der Waals surface area (Å²) in [5.74, 6) is 0.837. The second kappa shape index (κ2) is 6.55. The summed E-state index contributed by atoms with van der Waals surface area (Å²) >= 11 is 3.49. The van der Waals surface area contributed by atoms with Crippen LogP contribution in [-0.4, -0.2) is 35.8 Å². The summed E-state index contributed by atoms with van der Waals surface area (Å²) in [7, 11) is 1.66. The molecule has 18 heavy (non-hydrogen) atoms. The van der Waals surface area contributed by atoms with E-state index in [-0.39, 0.29) is 0 Å². The van der Waals surface area contributed by atoms with Crippen LogP contribution in [0.5, 0.6) is 5.75 Å². The van der Waals surface area contributed by atoms with Crippen molar-refractivity contribution >= 4 is 15.9 Å². The number of rotatable bonds is 6. The molecule has 3 nitrogen and oxygen atoms in total. The smallest absolute Gasteiger partial charge is 0.133 e. The molecule has 1 rings (SSSR count). The number of benzene rings is 1. The van der Waals surface area contributed by atoms with Crippen LogP contribution in [-0.2, 0) is 6.54 Å². The van der Waals surface area contributed by atoms with Crippen molar-refractivity contribution < 1.29 is 9.84 Å². The van der Waals surface area contributed by atoms with Crippen LogP contribution in [0.4, 0.5) is 0 Å². The van der Waals surface area contributed by atoms with Crippen LogP contribution >= 0.6 is 15.9 Å². The van der Waals surface area contributed by atoms with Crippen molar-refractivity contribution in [3.63, 3.8) is 0 Å². The van der Waals surface area contributed by atoms with E-state index < -0.39 is 5.60 Å². The van der Waals surface area contributed by atoms with Crippen molar-refractivity contribution in [3.8, 4) is 5.75 Å². The number of nitrogens with zero attached hydrogens (tertiary/aromatic N) is 1. The van der Waals surface area contributed by atoms with Crippen LogP contribution in [0.25, 0.3) is 0 Å². The molecule has 0 aliphatic rings. The second-order valence-corrected chi connectivity index (χ2v) is 5.94. The second-order valence-electron chi connectivity index (χ2n) is 5.08. The van der Waals surface area contributed by atoms with Crippen molar-refractivity contribution in [2.24, 2.45) is 0 Å². The van der Waals surface area contributed by atoms with Gasteiger partial charge in [-0.2, -0.15) is 0 Å². The lowest BCUT2D eigenvalue weighted by Gasteiger charge is -2.28. The molecule has 0 unspecified atom stereocenters. The molecule has 4 heteroatoms. The quantitative estimate of drug-likeness (QED) is 0.875. The Hall–Kier alpha value is -0.580. The number of hydrogen-bond donors (Lipinski definition) is 1. The predicted molar refractivity (Wildman–Crippen MR) is 77.9 cm³/mol. The molecular formula is C14H22BrNO2. The molecule has 0 bridgehead atoms. The molecule has 0 atom stereocenters. The van der Waals surface area contributed by atoms with E-state index in [1.54, 1.807) is 7.11 Å². The number of aliphatic hydroxyl groups is 1. The third-order valence-corrected chi connectivity index (χ3v) is 3.30. The van der Waals surface area contributed by atoms with Gasteiger partial charge in [-0.3, -0.25) is 4.90 Å². The van der Waals surface area contributed by atoms with E-state index in [0.717, 1.165) is 23.3 Å². The van der Waals surface area contributed by atoms with E-state index in [4.69, 9.17) is 4.74 Å². The molecule has 0 aliphatic carbocycles. The Morgan fingerprint density at radius 3 is 2.50 bits per heavy atom. The molecular weight excluding hydrogens is 294 g/mol. The fourth-order valence-electron chi connectivity index (χ4n) is 1.89. The molecule has 0 heterocycles. The molecule has 0 aliphatic heterocycles. The highest BCUT2D eigenvalue weighted by Gasteiger charge is 2.17. The van der Waals surface area contributed by atoms with Crippen molar-refractivity contribution in [3.05, 3.63) is 28.2 Å². The summed E-state index contributed by atoms with van der Waals surface area (Å²) in [5, 5.41) is 9.86. The topological polar surface area (TPSA) is 32.7 Å². The van der Waals surface area contributed by atoms with Gasteiger partial charge in [0.25, 0.3) is 0 Å². The molecule has 1 N–H and O–H groups in total. The summed E-state index contributed by atoms with van der Waals surface area (Å²) in [4.78, 5) is 2.22.